The second-order valence-electron chi connectivity index (χ2n) is 8.90. The maximum absolute atomic E-state index is 14.2. The molecule has 1 N–H and O–H groups in total. The molecule has 0 aliphatic carbocycles. The van der Waals surface area contributed by atoms with E-state index in [1.807, 2.05) is 0 Å². The Labute approximate surface area is 201 Å². The van der Waals surface area contributed by atoms with Crippen molar-refractivity contribution in [3.05, 3.63) is 40.5 Å². The number of thiazole rings is 1. The van der Waals surface area contributed by atoms with Gasteiger partial charge in [0.1, 0.15) is 11.4 Å². The van der Waals surface area contributed by atoms with Gasteiger partial charge in [-0.1, -0.05) is 6.07 Å². The summed E-state index contributed by atoms with van der Waals surface area (Å²) in [5.41, 5.74) is 0.999. The first-order chi connectivity index (χ1) is 15.8. The van der Waals surface area contributed by atoms with Gasteiger partial charge in [0.05, 0.1) is 11.3 Å². The van der Waals surface area contributed by atoms with Crippen LogP contribution in [0.15, 0.2) is 29.1 Å². The molecule has 1 saturated heterocycles. The van der Waals surface area contributed by atoms with Crippen LogP contribution in [0, 0.1) is 5.82 Å². The van der Waals surface area contributed by atoms with E-state index in [2.05, 4.69) is 4.98 Å². The summed E-state index contributed by atoms with van der Waals surface area (Å²) >= 11 is 1.12. The average Bonchev–Trinajstić information content (AvgIpc) is 3.39. The van der Waals surface area contributed by atoms with E-state index in [4.69, 9.17) is 4.74 Å². The molecule has 10 nitrogen and oxygen atoms in total. The number of aromatic nitrogens is 1. The van der Waals surface area contributed by atoms with Crippen molar-refractivity contribution < 1.29 is 32.2 Å². The minimum atomic E-state index is -4.34. The Morgan fingerprint density at radius 1 is 1.35 bits per heavy atom. The van der Waals surface area contributed by atoms with Gasteiger partial charge in [-0.05, 0) is 44.9 Å². The molecule has 2 heterocycles. The van der Waals surface area contributed by atoms with Crippen molar-refractivity contribution in [2.45, 2.75) is 44.6 Å². The van der Waals surface area contributed by atoms with Crippen molar-refractivity contribution in [1.29, 1.82) is 0 Å². The predicted molar refractivity (Wildman–Crippen MR) is 126 cm³/mol. The number of likely N-dealkylation sites (N-methyl/N-ethyl adjacent to an activating group) is 1. The van der Waals surface area contributed by atoms with Gasteiger partial charge in [-0.3, -0.25) is 0 Å². The summed E-state index contributed by atoms with van der Waals surface area (Å²) in [5, 5.41) is 10.6. The first-order valence-electron chi connectivity index (χ1n) is 10.4. The van der Waals surface area contributed by atoms with E-state index in [0.29, 0.717) is 23.0 Å². The molecule has 34 heavy (non-hydrogen) atoms. The number of carbonyl (C=O) groups is 2. The molecule has 1 aliphatic rings. The lowest BCUT2D eigenvalue weighted by Crippen LogP contribution is -2.42. The summed E-state index contributed by atoms with van der Waals surface area (Å²) in [6, 6.07) is 3.42. The Morgan fingerprint density at radius 2 is 2.06 bits per heavy atom. The summed E-state index contributed by atoms with van der Waals surface area (Å²) in [5.74, 6) is -1.29. The fourth-order valence-electron chi connectivity index (χ4n) is 3.64. The Hall–Kier alpha value is -2.93. The largest absolute Gasteiger partial charge is 0.465 e. The van der Waals surface area contributed by atoms with Crippen molar-refractivity contribution in [3.8, 4) is 0 Å². The molecule has 3 rings (SSSR count). The summed E-state index contributed by atoms with van der Waals surface area (Å²) in [6.45, 7) is 5.38. The SMILES string of the molecule is CN(c1cc(F)ccc1CS(=O)(=O)N(C(=O)OC(C)(C)C)c1cscn1)[C@H]1CCN(C(=O)O)C1. The maximum Gasteiger partial charge on any atom is 0.430 e. The van der Waals surface area contributed by atoms with Crippen LogP contribution in [-0.4, -0.2) is 67.4 Å². The third-order valence-electron chi connectivity index (χ3n) is 5.21. The monoisotopic (exact) mass is 514 g/mol. The van der Waals surface area contributed by atoms with Gasteiger partial charge in [-0.25, -0.2) is 27.4 Å². The zero-order valence-electron chi connectivity index (χ0n) is 19.3. The number of halogens is 1. The molecule has 2 aromatic rings. The standard InChI is InChI=1S/C21H27FN4O6S2/c1-21(2,3)32-20(29)26(18-11-33-13-23-18)34(30,31)12-14-5-6-15(22)9-17(14)24(4)16-7-8-25(10-16)19(27)28/h5-6,9,11,13,16H,7-8,10,12H2,1-4H3,(H,27,28)/t16-/m0/s1. The van der Waals surface area contributed by atoms with Gasteiger partial charge in [0.2, 0.25) is 10.0 Å². The highest BCUT2D eigenvalue weighted by atomic mass is 32.2. The Morgan fingerprint density at radius 3 is 2.62 bits per heavy atom. The van der Waals surface area contributed by atoms with Gasteiger partial charge < -0.3 is 19.6 Å². The molecule has 0 bridgehead atoms. The quantitative estimate of drug-likeness (QED) is 0.619. The number of likely N-dealkylation sites (tertiary alicyclic amines) is 1. The van der Waals surface area contributed by atoms with E-state index < -0.39 is 39.4 Å². The van der Waals surface area contributed by atoms with Crippen molar-refractivity contribution in [1.82, 2.24) is 9.88 Å². The van der Waals surface area contributed by atoms with Gasteiger partial charge in [-0.2, -0.15) is 4.31 Å². The van der Waals surface area contributed by atoms with Crippen LogP contribution >= 0.6 is 11.3 Å². The molecule has 0 spiro atoms. The van der Waals surface area contributed by atoms with E-state index in [0.717, 1.165) is 17.4 Å². The number of carboxylic acid groups (broad SMARTS) is 1. The van der Waals surface area contributed by atoms with Crippen molar-refractivity contribution in [3.63, 3.8) is 0 Å². The zero-order chi connectivity index (χ0) is 25.3. The predicted octanol–water partition coefficient (Wildman–Crippen LogP) is 3.74. The summed E-state index contributed by atoms with van der Waals surface area (Å²) < 4.78 is 46.9. The number of nitrogens with zero attached hydrogens (tertiary/aromatic N) is 4. The zero-order valence-corrected chi connectivity index (χ0v) is 20.9. The van der Waals surface area contributed by atoms with Gasteiger partial charge in [0.25, 0.3) is 0 Å². The first kappa shape index (κ1) is 25.7. The van der Waals surface area contributed by atoms with Gasteiger partial charge in [0.15, 0.2) is 5.82 Å². The van der Waals surface area contributed by atoms with Gasteiger partial charge in [0, 0.05) is 37.2 Å². The lowest BCUT2D eigenvalue weighted by molar-refractivity contribution is 0.0608. The molecule has 1 fully saturated rings. The second-order valence-corrected chi connectivity index (χ2v) is 11.4. The first-order valence-corrected chi connectivity index (χ1v) is 13.0. The van der Waals surface area contributed by atoms with Crippen LogP contribution in [0.5, 0.6) is 0 Å². The van der Waals surface area contributed by atoms with E-state index in [9.17, 15) is 27.5 Å². The molecule has 1 aromatic carbocycles. The highest BCUT2D eigenvalue weighted by Gasteiger charge is 2.36. The number of rotatable bonds is 6. The molecule has 1 aromatic heterocycles. The number of ether oxygens (including phenoxy) is 1. The normalized spacial score (nSPS) is 16.4. The highest BCUT2D eigenvalue weighted by molar-refractivity contribution is 7.92. The van der Waals surface area contributed by atoms with Crippen molar-refractivity contribution in [2.75, 3.05) is 29.3 Å². The van der Waals surface area contributed by atoms with Crippen LogP contribution in [0.3, 0.4) is 0 Å². The number of carbonyl (C=O) groups excluding carboxylic acids is 1. The molecule has 13 heteroatoms. The molecule has 1 atom stereocenters. The molecular formula is C21H27FN4O6S2. The number of sulfonamides is 1. The highest BCUT2D eigenvalue weighted by Crippen LogP contribution is 2.30. The number of hydrogen-bond donors (Lipinski definition) is 1. The summed E-state index contributed by atoms with van der Waals surface area (Å²) in [4.78, 5) is 31.0. The van der Waals surface area contributed by atoms with Crippen LogP contribution in [0.2, 0.25) is 0 Å². The van der Waals surface area contributed by atoms with Crippen molar-refractivity contribution >= 4 is 45.1 Å². The molecular weight excluding hydrogens is 487 g/mol. The molecule has 1 aliphatic heterocycles. The fraction of sp³-hybridized carbons (Fsp3) is 0.476. The molecule has 0 unspecified atom stereocenters. The van der Waals surface area contributed by atoms with Crippen LogP contribution in [0.1, 0.15) is 32.8 Å². The molecule has 2 amide bonds. The average molecular weight is 515 g/mol. The number of amides is 2. The Bertz CT molecular complexity index is 1150. The lowest BCUT2D eigenvalue weighted by Gasteiger charge is -2.30. The Kier molecular flexibility index (Phi) is 7.36. The van der Waals surface area contributed by atoms with Crippen molar-refractivity contribution in [2.24, 2.45) is 0 Å². The topological polar surface area (TPSA) is 120 Å². The van der Waals surface area contributed by atoms with E-state index >= 15 is 0 Å². The van der Waals surface area contributed by atoms with E-state index in [-0.39, 0.29) is 24.0 Å². The number of hydrogen-bond acceptors (Lipinski definition) is 8. The minimum Gasteiger partial charge on any atom is -0.465 e. The van der Waals surface area contributed by atoms with Gasteiger partial charge in [-0.15, -0.1) is 11.3 Å². The lowest BCUT2D eigenvalue weighted by atomic mass is 10.1. The number of anilines is 2. The van der Waals surface area contributed by atoms with Gasteiger partial charge >= 0.3 is 12.2 Å². The van der Waals surface area contributed by atoms with E-state index in [1.54, 1.807) is 32.7 Å². The summed E-state index contributed by atoms with van der Waals surface area (Å²) in [7, 11) is -2.68. The van der Waals surface area contributed by atoms with Crippen LogP contribution in [0.25, 0.3) is 0 Å². The second kappa shape index (κ2) is 9.74. The third-order valence-corrected chi connectivity index (χ3v) is 7.35. The Balaban J connectivity index is 1.94. The molecule has 0 saturated carbocycles. The summed E-state index contributed by atoms with van der Waals surface area (Å²) in [6.07, 6.45) is -1.63. The maximum atomic E-state index is 14.2. The molecule has 186 valence electrons. The third kappa shape index (κ3) is 5.95. The minimum absolute atomic E-state index is 0.0934. The fourth-order valence-corrected chi connectivity index (χ4v) is 5.64. The molecule has 0 radical (unpaired) electrons. The van der Waals surface area contributed by atoms with Crippen LogP contribution in [-0.2, 0) is 20.5 Å². The van der Waals surface area contributed by atoms with Crippen LogP contribution in [0.4, 0.5) is 25.5 Å². The van der Waals surface area contributed by atoms with E-state index in [1.165, 1.54) is 27.9 Å². The smallest absolute Gasteiger partial charge is 0.430 e. The van der Waals surface area contributed by atoms with Crippen LogP contribution < -0.4 is 9.21 Å². The number of benzene rings is 1.